The fourth-order valence-electron chi connectivity index (χ4n) is 5.48. The number of benzene rings is 6. The molecule has 0 atom stereocenters. The third-order valence-corrected chi connectivity index (χ3v) is 7.78. The summed E-state index contributed by atoms with van der Waals surface area (Å²) in [6, 6.07) is 57.0. The summed E-state index contributed by atoms with van der Waals surface area (Å²) in [6.45, 7) is 5.19. The van der Waals surface area contributed by atoms with E-state index in [1.807, 2.05) is 30.3 Å². The minimum absolute atomic E-state index is 0.245. The molecule has 0 amide bonds. The molecule has 0 aliphatic heterocycles. The van der Waals surface area contributed by atoms with E-state index < -0.39 is 0 Å². The molecule has 0 N–H and O–H groups in total. The Morgan fingerprint density at radius 2 is 0.830 bits per heavy atom. The first-order valence-corrected chi connectivity index (χ1v) is 15.7. The SMILES string of the molecule is C=C(OCCOCOC)c1ccc(N(c2ccccc2)c2ccc(-c3ccc(N(c4ccccc4)c4ccccc4)cc3)cc2)cc1. The van der Waals surface area contributed by atoms with E-state index in [9.17, 15) is 0 Å². The summed E-state index contributed by atoms with van der Waals surface area (Å²) in [5.41, 5.74) is 9.75. The molecular formula is C42H38N2O3. The Morgan fingerprint density at radius 3 is 1.21 bits per heavy atom. The van der Waals surface area contributed by atoms with Gasteiger partial charge < -0.3 is 24.0 Å². The van der Waals surface area contributed by atoms with E-state index in [1.54, 1.807) is 7.11 Å². The van der Waals surface area contributed by atoms with E-state index in [-0.39, 0.29) is 6.79 Å². The molecule has 0 heterocycles. The Morgan fingerprint density at radius 1 is 0.468 bits per heavy atom. The lowest BCUT2D eigenvalue weighted by Crippen LogP contribution is -2.10. The van der Waals surface area contributed by atoms with Gasteiger partial charge in [-0.1, -0.05) is 85.4 Å². The number of anilines is 6. The van der Waals surface area contributed by atoms with Crippen molar-refractivity contribution in [3.63, 3.8) is 0 Å². The molecule has 0 bridgehead atoms. The molecule has 0 aliphatic rings. The molecule has 234 valence electrons. The van der Waals surface area contributed by atoms with Gasteiger partial charge in [0, 0.05) is 46.8 Å². The standard InChI is InChI=1S/C42H38N2O3/c1-33(47-31-30-46-32-45-2)34-18-24-40(25-19-34)44(39-16-10-5-11-17-39)42-28-22-36(23-29-42)35-20-26-41(27-21-35)43(37-12-6-3-7-13-37)38-14-8-4-9-15-38/h3-29H,1,30-32H2,2H3. The van der Waals surface area contributed by atoms with Crippen LogP contribution in [0.25, 0.3) is 16.9 Å². The molecular weight excluding hydrogens is 580 g/mol. The molecule has 0 aromatic heterocycles. The van der Waals surface area contributed by atoms with Crippen LogP contribution in [0.2, 0.25) is 0 Å². The quantitative estimate of drug-likeness (QED) is 0.0689. The van der Waals surface area contributed by atoms with E-state index in [1.165, 1.54) is 0 Å². The Hall–Kier alpha value is -5.62. The number of para-hydroxylation sites is 3. The predicted octanol–water partition coefficient (Wildman–Crippen LogP) is 10.9. The zero-order valence-corrected chi connectivity index (χ0v) is 26.5. The minimum atomic E-state index is 0.245. The Labute approximate surface area is 277 Å². The number of methoxy groups -OCH3 is 1. The van der Waals surface area contributed by atoms with Crippen molar-refractivity contribution in [1.82, 2.24) is 0 Å². The van der Waals surface area contributed by atoms with Crippen molar-refractivity contribution in [3.05, 3.63) is 176 Å². The molecule has 5 heteroatoms. The van der Waals surface area contributed by atoms with Crippen LogP contribution >= 0.6 is 0 Å². The molecule has 0 saturated carbocycles. The lowest BCUT2D eigenvalue weighted by Gasteiger charge is -2.26. The highest BCUT2D eigenvalue weighted by Crippen LogP contribution is 2.38. The molecule has 0 unspecified atom stereocenters. The van der Waals surface area contributed by atoms with Crippen LogP contribution in [0.1, 0.15) is 5.56 Å². The molecule has 6 aromatic rings. The zero-order chi connectivity index (χ0) is 32.3. The molecule has 0 fully saturated rings. The summed E-state index contributed by atoms with van der Waals surface area (Å²) < 4.78 is 16.0. The van der Waals surface area contributed by atoms with Gasteiger partial charge in [-0.05, 0) is 96.1 Å². The van der Waals surface area contributed by atoms with E-state index in [2.05, 4.69) is 150 Å². The van der Waals surface area contributed by atoms with Crippen LogP contribution in [0, 0.1) is 0 Å². The zero-order valence-electron chi connectivity index (χ0n) is 26.5. The third-order valence-electron chi connectivity index (χ3n) is 7.78. The second kappa shape index (κ2) is 15.6. The predicted molar refractivity (Wildman–Crippen MR) is 194 cm³/mol. The number of ether oxygens (including phenoxy) is 3. The van der Waals surface area contributed by atoms with Gasteiger partial charge in [-0.15, -0.1) is 0 Å². The number of hydrogen-bond acceptors (Lipinski definition) is 5. The van der Waals surface area contributed by atoms with Gasteiger partial charge in [0.15, 0.2) is 0 Å². The van der Waals surface area contributed by atoms with Gasteiger partial charge in [0.2, 0.25) is 0 Å². The molecule has 5 nitrogen and oxygen atoms in total. The van der Waals surface area contributed by atoms with Crippen molar-refractivity contribution in [2.45, 2.75) is 0 Å². The molecule has 6 rings (SSSR count). The van der Waals surface area contributed by atoms with Crippen LogP contribution in [0.4, 0.5) is 34.1 Å². The van der Waals surface area contributed by atoms with Crippen LogP contribution in [0.15, 0.2) is 170 Å². The Balaban J connectivity index is 1.22. The van der Waals surface area contributed by atoms with Crippen molar-refractivity contribution >= 4 is 39.9 Å². The van der Waals surface area contributed by atoms with Gasteiger partial charge in [0.05, 0.1) is 6.61 Å². The van der Waals surface area contributed by atoms with Crippen molar-refractivity contribution in [1.29, 1.82) is 0 Å². The van der Waals surface area contributed by atoms with Crippen LogP contribution in [-0.2, 0) is 14.2 Å². The topological polar surface area (TPSA) is 34.2 Å². The van der Waals surface area contributed by atoms with E-state index in [0.29, 0.717) is 19.0 Å². The van der Waals surface area contributed by atoms with Crippen molar-refractivity contribution < 1.29 is 14.2 Å². The fraction of sp³-hybridized carbons (Fsp3) is 0.0952. The summed E-state index contributed by atoms with van der Waals surface area (Å²) in [6.07, 6.45) is 0. The number of hydrogen-bond donors (Lipinski definition) is 0. The maximum Gasteiger partial charge on any atom is 0.146 e. The summed E-state index contributed by atoms with van der Waals surface area (Å²) in [5.74, 6) is 0.606. The van der Waals surface area contributed by atoms with Gasteiger partial charge in [-0.2, -0.15) is 0 Å². The molecule has 0 aliphatic carbocycles. The highest BCUT2D eigenvalue weighted by molar-refractivity contribution is 5.81. The molecule has 47 heavy (non-hydrogen) atoms. The molecule has 0 radical (unpaired) electrons. The second-order valence-electron chi connectivity index (χ2n) is 10.9. The van der Waals surface area contributed by atoms with Gasteiger partial charge in [-0.3, -0.25) is 0 Å². The molecule has 6 aromatic carbocycles. The fourth-order valence-corrected chi connectivity index (χ4v) is 5.48. The van der Waals surface area contributed by atoms with E-state index >= 15 is 0 Å². The summed E-state index contributed by atoms with van der Waals surface area (Å²) in [5, 5.41) is 0. The summed E-state index contributed by atoms with van der Waals surface area (Å²) in [7, 11) is 1.60. The second-order valence-corrected chi connectivity index (χ2v) is 10.9. The Bertz CT molecular complexity index is 1790. The number of rotatable bonds is 14. The highest BCUT2D eigenvalue weighted by atomic mass is 16.7. The normalized spacial score (nSPS) is 10.7. The minimum Gasteiger partial charge on any atom is -0.491 e. The van der Waals surface area contributed by atoms with Crippen molar-refractivity contribution in [3.8, 4) is 11.1 Å². The molecule has 0 saturated heterocycles. The van der Waals surface area contributed by atoms with Crippen LogP contribution in [0.3, 0.4) is 0 Å². The largest absolute Gasteiger partial charge is 0.491 e. The van der Waals surface area contributed by atoms with E-state index in [0.717, 1.165) is 50.8 Å². The van der Waals surface area contributed by atoms with Crippen LogP contribution in [-0.4, -0.2) is 27.1 Å². The smallest absolute Gasteiger partial charge is 0.146 e. The van der Waals surface area contributed by atoms with Crippen molar-refractivity contribution in [2.24, 2.45) is 0 Å². The highest BCUT2D eigenvalue weighted by Gasteiger charge is 2.15. The first-order valence-electron chi connectivity index (χ1n) is 15.7. The van der Waals surface area contributed by atoms with Crippen LogP contribution in [0.5, 0.6) is 0 Å². The number of nitrogens with zero attached hydrogens (tertiary/aromatic N) is 2. The third kappa shape index (κ3) is 7.79. The average Bonchev–Trinajstić information content (AvgIpc) is 3.14. The van der Waals surface area contributed by atoms with Gasteiger partial charge in [0.1, 0.15) is 19.2 Å². The lowest BCUT2D eigenvalue weighted by molar-refractivity contribution is -0.0410. The van der Waals surface area contributed by atoms with Gasteiger partial charge >= 0.3 is 0 Å². The summed E-state index contributed by atoms with van der Waals surface area (Å²) in [4.78, 5) is 4.52. The maximum absolute atomic E-state index is 5.77. The Kier molecular flexibility index (Phi) is 10.4. The first kappa shape index (κ1) is 31.4. The van der Waals surface area contributed by atoms with Crippen molar-refractivity contribution in [2.75, 3.05) is 36.9 Å². The average molecular weight is 619 g/mol. The lowest BCUT2D eigenvalue weighted by atomic mass is 10.0. The first-order chi connectivity index (χ1) is 23.2. The van der Waals surface area contributed by atoms with Gasteiger partial charge in [-0.25, -0.2) is 0 Å². The monoisotopic (exact) mass is 618 g/mol. The molecule has 0 spiro atoms. The maximum atomic E-state index is 5.77. The van der Waals surface area contributed by atoms with E-state index in [4.69, 9.17) is 14.2 Å². The summed E-state index contributed by atoms with van der Waals surface area (Å²) >= 11 is 0. The van der Waals surface area contributed by atoms with Crippen LogP contribution < -0.4 is 9.80 Å². The van der Waals surface area contributed by atoms with Gasteiger partial charge in [0.25, 0.3) is 0 Å².